The molecule has 2 rings (SSSR count). The monoisotopic (exact) mass is 447 g/mol. The highest BCUT2D eigenvalue weighted by Crippen LogP contribution is 2.31. The average Bonchev–Trinajstić information content (AvgIpc) is 3.16. The number of nitrogens with zero attached hydrogens (tertiary/aromatic N) is 2. The van der Waals surface area contributed by atoms with Crippen LogP contribution in [0.2, 0.25) is 0 Å². The summed E-state index contributed by atoms with van der Waals surface area (Å²) in [5.74, 6) is 0.882. The summed E-state index contributed by atoms with van der Waals surface area (Å²) in [5, 5.41) is 6.54. The molecular weight excluding hydrogens is 416 g/mol. The zero-order valence-corrected chi connectivity index (χ0v) is 18.2. The van der Waals surface area contributed by atoms with Crippen molar-refractivity contribution >= 4 is 21.7 Å². The molecule has 1 unspecified atom stereocenters. The first kappa shape index (κ1) is 24.1. The van der Waals surface area contributed by atoms with Crippen LogP contribution in [0.3, 0.4) is 0 Å². The fourth-order valence-corrected chi connectivity index (χ4v) is 3.78. The van der Waals surface area contributed by atoms with Crippen LogP contribution in [0.15, 0.2) is 29.3 Å². The lowest BCUT2D eigenvalue weighted by molar-refractivity contribution is -0.0495. The lowest BCUT2D eigenvalue weighted by Crippen LogP contribution is -2.44. The molecule has 1 heterocycles. The van der Waals surface area contributed by atoms with Gasteiger partial charge in [0, 0.05) is 38.8 Å². The second-order valence-corrected chi connectivity index (χ2v) is 8.93. The summed E-state index contributed by atoms with van der Waals surface area (Å²) in [7, 11) is -3.19. The summed E-state index contributed by atoms with van der Waals surface area (Å²) in [5.41, 5.74) is 0.646. The van der Waals surface area contributed by atoms with E-state index in [2.05, 4.69) is 25.1 Å². The van der Waals surface area contributed by atoms with Crippen LogP contribution in [0.4, 0.5) is 14.5 Å². The summed E-state index contributed by atoms with van der Waals surface area (Å²) in [6.45, 7) is 3.54. The van der Waals surface area contributed by atoms with E-state index in [1.807, 2.05) is 11.8 Å². The van der Waals surface area contributed by atoms with Gasteiger partial charge in [0.1, 0.15) is 5.75 Å². The maximum absolute atomic E-state index is 12.7. The van der Waals surface area contributed by atoms with Gasteiger partial charge >= 0.3 is 6.61 Å². The van der Waals surface area contributed by atoms with Gasteiger partial charge in [-0.3, -0.25) is 4.99 Å². The van der Waals surface area contributed by atoms with E-state index in [9.17, 15) is 17.2 Å². The zero-order chi connectivity index (χ0) is 22.0. The molecule has 1 fully saturated rings. The number of hydrogen-bond acceptors (Lipinski definition) is 5. The van der Waals surface area contributed by atoms with Gasteiger partial charge < -0.3 is 20.3 Å². The molecule has 1 aromatic carbocycles. The maximum Gasteiger partial charge on any atom is 0.387 e. The van der Waals surface area contributed by atoms with Crippen molar-refractivity contribution < 1.29 is 21.9 Å². The molecular formula is C19H31F2N5O3S. The Hall–Kier alpha value is -2.14. The van der Waals surface area contributed by atoms with Crippen LogP contribution in [-0.2, 0) is 10.0 Å². The first-order chi connectivity index (χ1) is 14.3. The predicted molar refractivity (Wildman–Crippen MR) is 115 cm³/mol. The molecule has 1 aliphatic heterocycles. The van der Waals surface area contributed by atoms with Crippen LogP contribution in [0.5, 0.6) is 5.75 Å². The lowest BCUT2D eigenvalue weighted by atomic mass is 10.2. The van der Waals surface area contributed by atoms with Gasteiger partial charge in [0.15, 0.2) is 5.96 Å². The molecule has 0 bridgehead atoms. The van der Waals surface area contributed by atoms with E-state index in [4.69, 9.17) is 0 Å². The van der Waals surface area contributed by atoms with E-state index in [1.54, 1.807) is 31.2 Å². The molecule has 170 valence electrons. The molecule has 0 saturated carbocycles. The van der Waals surface area contributed by atoms with Crippen molar-refractivity contribution in [1.29, 1.82) is 0 Å². The third kappa shape index (κ3) is 7.94. The second kappa shape index (κ2) is 11.9. The van der Waals surface area contributed by atoms with Gasteiger partial charge in [-0.05, 0) is 38.8 Å². The molecule has 1 atom stereocenters. The van der Waals surface area contributed by atoms with Crippen molar-refractivity contribution in [2.24, 2.45) is 4.99 Å². The topological polar surface area (TPSA) is 95.1 Å². The SMILES string of the molecule is CCNC(=NCCCNS(=O)(=O)CC)NC1CCN(c2ccccc2OC(F)F)C1. The number of para-hydroxylation sites is 2. The molecule has 1 saturated heterocycles. The number of ether oxygens (including phenoxy) is 1. The van der Waals surface area contributed by atoms with E-state index in [0.717, 1.165) is 6.42 Å². The Labute approximate surface area is 177 Å². The third-order valence-electron chi connectivity index (χ3n) is 4.60. The van der Waals surface area contributed by atoms with Crippen molar-refractivity contribution in [2.45, 2.75) is 39.3 Å². The Balaban J connectivity index is 1.88. The highest BCUT2D eigenvalue weighted by atomic mass is 32.2. The van der Waals surface area contributed by atoms with Crippen molar-refractivity contribution in [3.05, 3.63) is 24.3 Å². The van der Waals surface area contributed by atoms with Gasteiger partial charge in [0.25, 0.3) is 0 Å². The normalized spacial score (nSPS) is 17.4. The average molecular weight is 448 g/mol. The molecule has 0 aliphatic carbocycles. The number of hydrogen-bond donors (Lipinski definition) is 3. The molecule has 1 aromatic rings. The highest BCUT2D eigenvalue weighted by Gasteiger charge is 2.26. The third-order valence-corrected chi connectivity index (χ3v) is 6.01. The number of alkyl halides is 2. The van der Waals surface area contributed by atoms with E-state index in [1.165, 1.54) is 0 Å². The van der Waals surface area contributed by atoms with Crippen molar-refractivity contribution in [3.63, 3.8) is 0 Å². The van der Waals surface area contributed by atoms with E-state index >= 15 is 0 Å². The van der Waals surface area contributed by atoms with Crippen LogP contribution < -0.4 is 25.0 Å². The minimum absolute atomic E-state index is 0.0596. The first-order valence-corrected chi connectivity index (χ1v) is 11.8. The highest BCUT2D eigenvalue weighted by molar-refractivity contribution is 7.89. The number of sulfonamides is 1. The number of anilines is 1. The van der Waals surface area contributed by atoms with Crippen LogP contribution in [0.25, 0.3) is 0 Å². The molecule has 11 heteroatoms. The molecule has 3 N–H and O–H groups in total. The number of guanidine groups is 1. The maximum atomic E-state index is 12.7. The summed E-state index contributed by atoms with van der Waals surface area (Å²) in [6.07, 6.45) is 1.41. The molecule has 0 spiro atoms. The van der Waals surface area contributed by atoms with Gasteiger partial charge in [-0.25, -0.2) is 13.1 Å². The fraction of sp³-hybridized carbons (Fsp3) is 0.632. The van der Waals surface area contributed by atoms with Gasteiger partial charge in [0.05, 0.1) is 11.4 Å². The number of halogens is 2. The smallest absolute Gasteiger partial charge is 0.387 e. The lowest BCUT2D eigenvalue weighted by Gasteiger charge is -2.22. The van der Waals surface area contributed by atoms with E-state index in [0.29, 0.717) is 50.8 Å². The first-order valence-electron chi connectivity index (χ1n) is 10.2. The molecule has 8 nitrogen and oxygen atoms in total. The number of rotatable bonds is 11. The summed E-state index contributed by atoms with van der Waals surface area (Å²) in [6, 6.07) is 6.88. The summed E-state index contributed by atoms with van der Waals surface area (Å²) >= 11 is 0. The molecule has 30 heavy (non-hydrogen) atoms. The van der Waals surface area contributed by atoms with Crippen LogP contribution in [0, 0.1) is 0 Å². The Kier molecular flexibility index (Phi) is 9.57. The van der Waals surface area contributed by atoms with Crippen LogP contribution in [-0.4, -0.2) is 65.5 Å². The molecule has 1 aliphatic rings. The Morgan fingerprint density at radius 2 is 2.10 bits per heavy atom. The van der Waals surface area contributed by atoms with Gasteiger partial charge in [0.2, 0.25) is 10.0 Å². The molecule has 0 radical (unpaired) electrons. The number of aliphatic imine (C=N–C) groups is 1. The van der Waals surface area contributed by atoms with Gasteiger partial charge in [-0.2, -0.15) is 8.78 Å². The van der Waals surface area contributed by atoms with Gasteiger partial charge in [-0.1, -0.05) is 12.1 Å². The molecule has 0 aromatic heterocycles. The Morgan fingerprint density at radius 3 is 2.80 bits per heavy atom. The largest absolute Gasteiger partial charge is 0.433 e. The van der Waals surface area contributed by atoms with Crippen molar-refractivity contribution in [2.75, 3.05) is 43.4 Å². The second-order valence-electron chi connectivity index (χ2n) is 6.83. The van der Waals surface area contributed by atoms with Crippen LogP contribution in [0.1, 0.15) is 26.7 Å². The minimum Gasteiger partial charge on any atom is -0.433 e. The standard InChI is InChI=1S/C19H31F2N5O3S/c1-3-22-19(23-11-7-12-24-30(27,28)4-2)25-15-10-13-26(14-15)16-8-5-6-9-17(16)29-18(20)21/h5-6,8-9,15,18,24H,3-4,7,10-14H2,1-2H3,(H2,22,23,25). The predicted octanol–water partition coefficient (Wildman–Crippen LogP) is 1.75. The Morgan fingerprint density at radius 1 is 1.33 bits per heavy atom. The van der Waals surface area contributed by atoms with E-state index < -0.39 is 16.6 Å². The van der Waals surface area contributed by atoms with Crippen molar-refractivity contribution in [1.82, 2.24) is 15.4 Å². The quantitative estimate of drug-likeness (QED) is 0.272. The summed E-state index contributed by atoms with van der Waals surface area (Å²) < 4.78 is 55.4. The van der Waals surface area contributed by atoms with E-state index in [-0.39, 0.29) is 17.5 Å². The zero-order valence-electron chi connectivity index (χ0n) is 17.4. The number of nitrogens with one attached hydrogen (secondary N) is 3. The van der Waals surface area contributed by atoms with Gasteiger partial charge in [-0.15, -0.1) is 0 Å². The summed E-state index contributed by atoms with van der Waals surface area (Å²) in [4.78, 5) is 6.51. The fourth-order valence-electron chi connectivity index (χ4n) is 3.12. The van der Waals surface area contributed by atoms with Crippen molar-refractivity contribution in [3.8, 4) is 5.75 Å². The molecule has 0 amide bonds. The van der Waals surface area contributed by atoms with Crippen LogP contribution >= 0.6 is 0 Å². The Bertz CT molecular complexity index is 792. The minimum atomic E-state index is -3.19. The number of benzene rings is 1.